The van der Waals surface area contributed by atoms with Crippen molar-refractivity contribution in [3.05, 3.63) is 34.3 Å². The van der Waals surface area contributed by atoms with Gasteiger partial charge in [-0.2, -0.15) is 0 Å². The van der Waals surface area contributed by atoms with Crippen LogP contribution in [0.2, 0.25) is 0 Å². The summed E-state index contributed by atoms with van der Waals surface area (Å²) >= 11 is 3.53. The van der Waals surface area contributed by atoms with Crippen LogP contribution in [0.4, 0.5) is 4.79 Å². The summed E-state index contributed by atoms with van der Waals surface area (Å²) in [6.07, 6.45) is 0.838. The van der Waals surface area contributed by atoms with Crippen LogP contribution in [0.3, 0.4) is 0 Å². The van der Waals surface area contributed by atoms with Crippen LogP contribution in [0.1, 0.15) is 33.3 Å². The van der Waals surface area contributed by atoms with Gasteiger partial charge in [-0.05, 0) is 29.9 Å². The SMILES string of the molecule is CC(C)CN(CC(C)C)C(=O)NCCc1ccccc1Br. The van der Waals surface area contributed by atoms with Crippen molar-refractivity contribution in [1.82, 2.24) is 10.2 Å². The molecule has 0 aromatic heterocycles. The molecule has 0 fully saturated rings. The van der Waals surface area contributed by atoms with Crippen LogP contribution in [0.5, 0.6) is 0 Å². The summed E-state index contributed by atoms with van der Waals surface area (Å²) in [6, 6.07) is 8.17. The molecule has 0 radical (unpaired) electrons. The molecule has 0 saturated heterocycles. The number of nitrogens with zero attached hydrogens (tertiary/aromatic N) is 1. The third-order valence-corrected chi connectivity index (χ3v) is 3.86. The molecule has 0 unspecified atom stereocenters. The standard InChI is InChI=1S/C17H27BrN2O/c1-13(2)11-20(12-14(3)4)17(21)19-10-9-15-7-5-6-8-16(15)18/h5-8,13-14H,9-12H2,1-4H3,(H,19,21). The number of urea groups is 1. The number of nitrogens with one attached hydrogen (secondary N) is 1. The summed E-state index contributed by atoms with van der Waals surface area (Å²) in [6.45, 7) is 10.8. The fourth-order valence-electron chi connectivity index (χ4n) is 2.24. The lowest BCUT2D eigenvalue weighted by molar-refractivity contribution is 0.183. The quantitative estimate of drug-likeness (QED) is 0.776. The molecule has 0 aliphatic carbocycles. The van der Waals surface area contributed by atoms with Gasteiger partial charge in [0.15, 0.2) is 0 Å². The Kier molecular flexibility index (Phi) is 7.79. The molecule has 4 heteroatoms. The molecule has 0 spiro atoms. The van der Waals surface area contributed by atoms with E-state index in [0.29, 0.717) is 18.4 Å². The molecule has 0 saturated carbocycles. The average Bonchev–Trinajstić information content (AvgIpc) is 2.39. The van der Waals surface area contributed by atoms with E-state index in [0.717, 1.165) is 24.0 Å². The zero-order valence-electron chi connectivity index (χ0n) is 13.5. The maximum atomic E-state index is 12.3. The van der Waals surface area contributed by atoms with Gasteiger partial charge in [0.1, 0.15) is 0 Å². The first kappa shape index (κ1) is 18.0. The highest BCUT2D eigenvalue weighted by molar-refractivity contribution is 9.10. The van der Waals surface area contributed by atoms with Crippen LogP contribution in [0.25, 0.3) is 0 Å². The highest BCUT2D eigenvalue weighted by Crippen LogP contribution is 2.15. The number of rotatable bonds is 7. The van der Waals surface area contributed by atoms with E-state index in [1.165, 1.54) is 5.56 Å². The Balaban J connectivity index is 2.48. The van der Waals surface area contributed by atoms with Crippen LogP contribution in [0, 0.1) is 11.8 Å². The minimum atomic E-state index is 0.0458. The lowest BCUT2D eigenvalue weighted by Crippen LogP contribution is -2.44. The van der Waals surface area contributed by atoms with Gasteiger partial charge in [0.25, 0.3) is 0 Å². The Morgan fingerprint density at radius 1 is 1.14 bits per heavy atom. The molecule has 0 bridgehead atoms. The molecular weight excluding hydrogens is 328 g/mol. The molecule has 1 N–H and O–H groups in total. The van der Waals surface area contributed by atoms with E-state index >= 15 is 0 Å². The second-order valence-corrected chi connectivity index (χ2v) is 7.12. The fourth-order valence-corrected chi connectivity index (χ4v) is 2.72. The van der Waals surface area contributed by atoms with E-state index in [-0.39, 0.29) is 6.03 Å². The molecule has 1 aromatic rings. The van der Waals surface area contributed by atoms with E-state index in [2.05, 4.69) is 55.0 Å². The number of benzene rings is 1. The van der Waals surface area contributed by atoms with Crippen LogP contribution in [-0.2, 0) is 6.42 Å². The van der Waals surface area contributed by atoms with Crippen molar-refractivity contribution in [2.75, 3.05) is 19.6 Å². The van der Waals surface area contributed by atoms with Crippen LogP contribution in [-0.4, -0.2) is 30.6 Å². The van der Waals surface area contributed by atoms with E-state index in [9.17, 15) is 4.79 Å². The normalized spacial score (nSPS) is 11.0. The molecule has 118 valence electrons. The first-order chi connectivity index (χ1) is 9.90. The van der Waals surface area contributed by atoms with Crippen molar-refractivity contribution < 1.29 is 4.79 Å². The van der Waals surface area contributed by atoms with Crippen molar-refractivity contribution in [2.24, 2.45) is 11.8 Å². The molecule has 21 heavy (non-hydrogen) atoms. The molecule has 3 nitrogen and oxygen atoms in total. The Morgan fingerprint density at radius 3 is 2.24 bits per heavy atom. The molecule has 0 aliphatic rings. The van der Waals surface area contributed by atoms with Crippen molar-refractivity contribution in [3.63, 3.8) is 0 Å². The molecule has 2 amide bonds. The maximum absolute atomic E-state index is 12.3. The lowest BCUT2D eigenvalue weighted by Gasteiger charge is -2.26. The second-order valence-electron chi connectivity index (χ2n) is 6.27. The molecule has 0 aliphatic heterocycles. The predicted octanol–water partition coefficient (Wildman–Crippen LogP) is 4.32. The molecule has 1 rings (SSSR count). The van der Waals surface area contributed by atoms with E-state index in [4.69, 9.17) is 0 Å². The average molecular weight is 355 g/mol. The van der Waals surface area contributed by atoms with Crippen molar-refractivity contribution in [3.8, 4) is 0 Å². The van der Waals surface area contributed by atoms with Crippen LogP contribution in [0.15, 0.2) is 28.7 Å². The number of hydrogen-bond acceptors (Lipinski definition) is 1. The second kappa shape index (κ2) is 9.08. The number of carbonyl (C=O) groups excluding carboxylic acids is 1. The third kappa shape index (κ3) is 6.98. The Hall–Kier alpha value is -1.03. The van der Waals surface area contributed by atoms with E-state index in [1.54, 1.807) is 0 Å². The summed E-state index contributed by atoms with van der Waals surface area (Å²) in [5, 5.41) is 3.04. The topological polar surface area (TPSA) is 32.3 Å². The van der Waals surface area contributed by atoms with Crippen molar-refractivity contribution in [1.29, 1.82) is 0 Å². The summed E-state index contributed by atoms with van der Waals surface area (Å²) in [5.74, 6) is 0.968. The minimum absolute atomic E-state index is 0.0458. The van der Waals surface area contributed by atoms with Gasteiger partial charge in [0, 0.05) is 24.1 Å². The smallest absolute Gasteiger partial charge is 0.317 e. The Bertz CT molecular complexity index is 436. The van der Waals surface area contributed by atoms with Gasteiger partial charge in [0.2, 0.25) is 0 Å². The summed E-state index contributed by atoms with van der Waals surface area (Å²) in [5.41, 5.74) is 1.22. The molecule has 0 atom stereocenters. The third-order valence-electron chi connectivity index (χ3n) is 3.09. The largest absolute Gasteiger partial charge is 0.338 e. The van der Waals surface area contributed by atoms with Gasteiger partial charge in [-0.15, -0.1) is 0 Å². The van der Waals surface area contributed by atoms with Crippen molar-refractivity contribution >= 4 is 22.0 Å². The zero-order chi connectivity index (χ0) is 15.8. The van der Waals surface area contributed by atoms with E-state index < -0.39 is 0 Å². The Labute approximate surface area is 137 Å². The van der Waals surface area contributed by atoms with Gasteiger partial charge >= 0.3 is 6.03 Å². The van der Waals surface area contributed by atoms with Gasteiger partial charge in [-0.25, -0.2) is 4.79 Å². The lowest BCUT2D eigenvalue weighted by atomic mass is 10.1. The first-order valence-corrected chi connectivity index (χ1v) is 8.45. The number of amides is 2. The molecular formula is C17H27BrN2O. The van der Waals surface area contributed by atoms with Crippen molar-refractivity contribution in [2.45, 2.75) is 34.1 Å². The summed E-state index contributed by atoms with van der Waals surface area (Å²) in [7, 11) is 0. The number of halogens is 1. The van der Waals surface area contributed by atoms with E-state index in [1.807, 2.05) is 23.1 Å². The van der Waals surface area contributed by atoms with Crippen LogP contribution < -0.4 is 5.32 Å². The highest BCUT2D eigenvalue weighted by Gasteiger charge is 2.15. The zero-order valence-corrected chi connectivity index (χ0v) is 15.1. The van der Waals surface area contributed by atoms with Gasteiger partial charge in [0.05, 0.1) is 0 Å². The summed E-state index contributed by atoms with van der Waals surface area (Å²) in [4.78, 5) is 14.2. The fraction of sp³-hybridized carbons (Fsp3) is 0.588. The minimum Gasteiger partial charge on any atom is -0.338 e. The predicted molar refractivity (Wildman–Crippen MR) is 92.5 cm³/mol. The van der Waals surface area contributed by atoms with Crippen LogP contribution >= 0.6 is 15.9 Å². The first-order valence-electron chi connectivity index (χ1n) is 7.66. The summed E-state index contributed by atoms with van der Waals surface area (Å²) < 4.78 is 1.10. The monoisotopic (exact) mass is 354 g/mol. The highest BCUT2D eigenvalue weighted by atomic mass is 79.9. The van der Waals surface area contributed by atoms with Gasteiger partial charge in [-0.1, -0.05) is 61.8 Å². The number of carbonyl (C=O) groups is 1. The number of hydrogen-bond donors (Lipinski definition) is 1. The maximum Gasteiger partial charge on any atom is 0.317 e. The van der Waals surface area contributed by atoms with Gasteiger partial charge < -0.3 is 10.2 Å². The molecule has 1 aromatic carbocycles. The molecule has 0 heterocycles. The van der Waals surface area contributed by atoms with Gasteiger partial charge in [-0.3, -0.25) is 0 Å². The Morgan fingerprint density at radius 2 is 1.71 bits per heavy atom.